The van der Waals surface area contributed by atoms with Crippen LogP contribution in [0.15, 0.2) is 42.1 Å². The average molecular weight is 270 g/mol. The van der Waals surface area contributed by atoms with Crippen molar-refractivity contribution >= 4 is 22.9 Å². The van der Waals surface area contributed by atoms with Crippen LogP contribution in [-0.2, 0) is 16.0 Å². The number of rotatable bonds is 2. The van der Waals surface area contributed by atoms with Gasteiger partial charge in [0.2, 0.25) is 5.78 Å². The molecule has 0 atom stereocenters. The molecule has 1 heterocycles. The third kappa shape index (κ3) is 1.91. The number of carbonyl (C=O) groups is 2. The lowest BCUT2D eigenvalue weighted by molar-refractivity contribution is -0.384. The second kappa shape index (κ2) is 4.41. The Morgan fingerprint density at radius 1 is 1.20 bits per heavy atom. The van der Waals surface area contributed by atoms with E-state index >= 15 is 0 Å². The fraction of sp³-hybridized carbons (Fsp3) is 0.143. The Bertz CT molecular complexity index is 703. The number of non-ortho nitro benzene ring substituents is 1. The molecule has 6 nitrogen and oxygen atoms in total. The minimum absolute atomic E-state index is 0.0329. The molecule has 0 aromatic heterocycles. The summed E-state index contributed by atoms with van der Waals surface area (Å²) in [4.78, 5) is 35.3. The molecular formula is C14H10N2O4. The number of allylic oxidation sites excluding steroid dienone is 3. The molecule has 1 aromatic carbocycles. The van der Waals surface area contributed by atoms with E-state index in [4.69, 9.17) is 0 Å². The van der Waals surface area contributed by atoms with Gasteiger partial charge in [-0.25, -0.2) is 0 Å². The van der Waals surface area contributed by atoms with Gasteiger partial charge in [-0.3, -0.25) is 19.7 Å². The molecule has 100 valence electrons. The van der Waals surface area contributed by atoms with Crippen LogP contribution in [0.25, 0.3) is 0 Å². The Morgan fingerprint density at radius 2 is 2.00 bits per heavy atom. The standard InChI is InChI=1S/C14H10N2O4/c17-11-2-4-14(18)13(8-11)15-6-5-9-7-10(16(19)20)1-3-12(9)15/h1-4,7-8H,5-6H2. The van der Waals surface area contributed by atoms with Crippen LogP contribution in [0.1, 0.15) is 5.56 Å². The van der Waals surface area contributed by atoms with Crippen molar-refractivity contribution in [3.05, 3.63) is 57.8 Å². The summed E-state index contributed by atoms with van der Waals surface area (Å²) in [5.41, 5.74) is 1.92. The topological polar surface area (TPSA) is 80.5 Å². The minimum Gasteiger partial charge on any atom is -0.338 e. The zero-order valence-corrected chi connectivity index (χ0v) is 10.4. The summed E-state index contributed by atoms with van der Waals surface area (Å²) in [6, 6.07) is 4.54. The number of fused-ring (bicyclic) bond motifs is 1. The van der Waals surface area contributed by atoms with Gasteiger partial charge < -0.3 is 4.90 Å². The van der Waals surface area contributed by atoms with Crippen LogP contribution in [0.3, 0.4) is 0 Å². The van der Waals surface area contributed by atoms with E-state index in [1.165, 1.54) is 30.4 Å². The summed E-state index contributed by atoms with van der Waals surface area (Å²) in [6.07, 6.45) is 4.40. The van der Waals surface area contributed by atoms with Gasteiger partial charge in [0.05, 0.1) is 10.6 Å². The highest BCUT2D eigenvalue weighted by Crippen LogP contribution is 2.34. The van der Waals surface area contributed by atoms with Crippen LogP contribution in [0.5, 0.6) is 0 Å². The van der Waals surface area contributed by atoms with E-state index in [0.717, 1.165) is 11.3 Å². The smallest absolute Gasteiger partial charge is 0.269 e. The Morgan fingerprint density at radius 3 is 2.75 bits per heavy atom. The highest BCUT2D eigenvalue weighted by molar-refractivity contribution is 6.18. The second-order valence-electron chi connectivity index (χ2n) is 4.60. The largest absolute Gasteiger partial charge is 0.338 e. The molecule has 0 amide bonds. The molecule has 0 unspecified atom stereocenters. The third-order valence-electron chi connectivity index (χ3n) is 3.39. The quantitative estimate of drug-likeness (QED) is 0.462. The van der Waals surface area contributed by atoms with Crippen molar-refractivity contribution < 1.29 is 14.5 Å². The van der Waals surface area contributed by atoms with Gasteiger partial charge in [-0.1, -0.05) is 0 Å². The molecule has 0 fully saturated rings. The molecule has 0 saturated heterocycles. The van der Waals surface area contributed by atoms with Crippen LogP contribution >= 0.6 is 0 Å². The van der Waals surface area contributed by atoms with Gasteiger partial charge in [-0.05, 0) is 30.2 Å². The SMILES string of the molecule is O=C1C=CC(=O)C(N2CCc3cc([N+](=O)[O-])ccc32)=C1. The zero-order valence-electron chi connectivity index (χ0n) is 10.4. The number of anilines is 1. The molecular weight excluding hydrogens is 260 g/mol. The van der Waals surface area contributed by atoms with Crippen molar-refractivity contribution in [3.63, 3.8) is 0 Å². The number of nitrogens with zero attached hydrogens (tertiary/aromatic N) is 2. The maximum Gasteiger partial charge on any atom is 0.269 e. The highest BCUT2D eigenvalue weighted by atomic mass is 16.6. The van der Waals surface area contributed by atoms with Crippen molar-refractivity contribution in [2.75, 3.05) is 11.4 Å². The van der Waals surface area contributed by atoms with Gasteiger partial charge in [0, 0.05) is 30.4 Å². The molecule has 0 bridgehead atoms. The molecule has 20 heavy (non-hydrogen) atoms. The van der Waals surface area contributed by atoms with E-state index < -0.39 is 4.92 Å². The van der Waals surface area contributed by atoms with Gasteiger partial charge in [-0.15, -0.1) is 0 Å². The maximum atomic E-state index is 11.9. The van der Waals surface area contributed by atoms with E-state index in [9.17, 15) is 19.7 Å². The number of benzene rings is 1. The second-order valence-corrected chi connectivity index (χ2v) is 4.60. The lowest BCUT2D eigenvalue weighted by atomic mass is 10.1. The molecule has 0 saturated carbocycles. The first-order chi connectivity index (χ1) is 9.56. The number of nitro groups is 1. The molecule has 1 aliphatic carbocycles. The molecule has 0 spiro atoms. The molecule has 2 aliphatic rings. The first-order valence-corrected chi connectivity index (χ1v) is 6.09. The maximum absolute atomic E-state index is 11.9. The number of hydrogen-bond donors (Lipinski definition) is 0. The summed E-state index contributed by atoms with van der Waals surface area (Å²) in [6.45, 7) is 0.537. The van der Waals surface area contributed by atoms with Crippen molar-refractivity contribution in [2.24, 2.45) is 0 Å². The van der Waals surface area contributed by atoms with Crippen molar-refractivity contribution in [2.45, 2.75) is 6.42 Å². The predicted octanol–water partition coefficient (Wildman–Crippen LogP) is 1.55. The number of nitro benzene ring substituents is 1. The highest BCUT2D eigenvalue weighted by Gasteiger charge is 2.28. The van der Waals surface area contributed by atoms with E-state index in [1.54, 1.807) is 11.0 Å². The Balaban J connectivity index is 2.00. The van der Waals surface area contributed by atoms with E-state index in [-0.39, 0.29) is 17.3 Å². The van der Waals surface area contributed by atoms with Crippen LogP contribution in [0, 0.1) is 10.1 Å². The van der Waals surface area contributed by atoms with Gasteiger partial charge in [-0.2, -0.15) is 0 Å². The van der Waals surface area contributed by atoms with Crippen LogP contribution in [-0.4, -0.2) is 23.0 Å². The Kier molecular flexibility index (Phi) is 2.71. The fourth-order valence-corrected chi connectivity index (χ4v) is 2.46. The predicted molar refractivity (Wildman–Crippen MR) is 71.4 cm³/mol. The monoisotopic (exact) mass is 270 g/mol. The molecule has 1 aliphatic heterocycles. The van der Waals surface area contributed by atoms with Crippen LogP contribution in [0.2, 0.25) is 0 Å². The first-order valence-electron chi connectivity index (χ1n) is 6.09. The van der Waals surface area contributed by atoms with Crippen molar-refractivity contribution in [3.8, 4) is 0 Å². The summed E-state index contributed by atoms with van der Waals surface area (Å²) in [5, 5.41) is 10.8. The molecule has 1 aromatic rings. The van der Waals surface area contributed by atoms with E-state index in [0.29, 0.717) is 18.7 Å². The average Bonchev–Trinajstić information content (AvgIpc) is 2.84. The molecule has 0 N–H and O–H groups in total. The molecule has 6 heteroatoms. The summed E-state index contributed by atoms with van der Waals surface area (Å²) < 4.78 is 0. The van der Waals surface area contributed by atoms with E-state index in [2.05, 4.69) is 0 Å². The van der Waals surface area contributed by atoms with E-state index in [1.807, 2.05) is 0 Å². The summed E-state index contributed by atoms with van der Waals surface area (Å²) in [7, 11) is 0. The fourth-order valence-electron chi connectivity index (χ4n) is 2.46. The van der Waals surface area contributed by atoms with Crippen molar-refractivity contribution in [1.82, 2.24) is 0 Å². The number of carbonyl (C=O) groups excluding carboxylic acids is 2. The van der Waals surface area contributed by atoms with Gasteiger partial charge >= 0.3 is 0 Å². The number of hydrogen-bond acceptors (Lipinski definition) is 5. The van der Waals surface area contributed by atoms with Gasteiger partial charge in [0.25, 0.3) is 5.69 Å². The summed E-state index contributed by atoms with van der Waals surface area (Å²) in [5.74, 6) is -0.453. The van der Waals surface area contributed by atoms with Crippen LogP contribution < -0.4 is 4.90 Å². The normalized spacial score (nSPS) is 17.2. The van der Waals surface area contributed by atoms with Crippen molar-refractivity contribution in [1.29, 1.82) is 0 Å². The minimum atomic E-state index is -0.444. The summed E-state index contributed by atoms with van der Waals surface area (Å²) >= 11 is 0. The Hall–Kier alpha value is -2.76. The number of ketones is 2. The third-order valence-corrected chi connectivity index (χ3v) is 3.39. The van der Waals surface area contributed by atoms with Gasteiger partial charge in [0.15, 0.2) is 5.78 Å². The van der Waals surface area contributed by atoms with Gasteiger partial charge in [0.1, 0.15) is 0 Å². The lowest BCUT2D eigenvalue weighted by Crippen LogP contribution is -2.27. The molecule has 0 radical (unpaired) electrons. The Labute approximate surface area is 114 Å². The molecule has 3 rings (SSSR count). The van der Waals surface area contributed by atoms with Crippen LogP contribution in [0.4, 0.5) is 11.4 Å². The zero-order chi connectivity index (χ0) is 14.3. The first kappa shape index (κ1) is 12.3. The lowest BCUT2D eigenvalue weighted by Gasteiger charge is -2.22.